The molecule has 3 amide bonds. The summed E-state index contributed by atoms with van der Waals surface area (Å²) in [5, 5.41) is 13.4. The lowest BCUT2D eigenvalue weighted by Gasteiger charge is -2.19. The lowest BCUT2D eigenvalue weighted by Crippen LogP contribution is -2.34. The van der Waals surface area contributed by atoms with Crippen LogP contribution < -0.4 is 21.3 Å². The number of carbonyl (C=O) groups is 2. The van der Waals surface area contributed by atoms with Gasteiger partial charge < -0.3 is 26.2 Å². The molecule has 0 spiro atoms. The number of benzene rings is 3. The van der Waals surface area contributed by atoms with Crippen molar-refractivity contribution in [3.05, 3.63) is 108 Å². The lowest BCUT2D eigenvalue weighted by atomic mass is 10.0. The number of aliphatic imine (C=N–C) groups is 1. The van der Waals surface area contributed by atoms with Gasteiger partial charge in [-0.25, -0.2) is 9.79 Å². The van der Waals surface area contributed by atoms with Crippen LogP contribution >= 0.6 is 11.6 Å². The summed E-state index contributed by atoms with van der Waals surface area (Å²) < 4.78 is 0. The molecule has 4 N–H and O–H groups in total. The predicted octanol–water partition coefficient (Wildman–Crippen LogP) is 7.88. The minimum absolute atomic E-state index is 0.0841. The van der Waals surface area contributed by atoms with Crippen molar-refractivity contribution < 1.29 is 9.59 Å². The minimum atomic E-state index is -0.284. The number of hydrogen-bond donors (Lipinski definition) is 4. The summed E-state index contributed by atoms with van der Waals surface area (Å²) in [4.78, 5) is 32.6. The average Bonchev–Trinajstić information content (AvgIpc) is 3.52. The van der Waals surface area contributed by atoms with Crippen LogP contribution in [0.25, 0.3) is 0 Å². The monoisotopic (exact) mass is 612 g/mol. The zero-order valence-electron chi connectivity index (χ0n) is 25.6. The predicted molar refractivity (Wildman–Crippen MR) is 184 cm³/mol. The molecule has 0 saturated carbocycles. The van der Waals surface area contributed by atoms with E-state index in [1.807, 2.05) is 81.4 Å². The van der Waals surface area contributed by atoms with Gasteiger partial charge in [0.05, 0.1) is 11.0 Å². The number of anilines is 4. The molecular formula is C35H41ClN6O2. The first-order valence-corrected chi connectivity index (χ1v) is 15.3. The molecule has 0 aliphatic carbocycles. The Hall–Kier alpha value is -4.56. The van der Waals surface area contributed by atoms with Gasteiger partial charge in [-0.1, -0.05) is 54.1 Å². The largest absolute Gasteiger partial charge is 0.364 e. The fourth-order valence-corrected chi connectivity index (χ4v) is 5.20. The Morgan fingerprint density at radius 1 is 1.00 bits per heavy atom. The van der Waals surface area contributed by atoms with Gasteiger partial charge in [-0.2, -0.15) is 0 Å². The first-order chi connectivity index (χ1) is 21.3. The highest BCUT2D eigenvalue weighted by Gasteiger charge is 2.31. The van der Waals surface area contributed by atoms with Crippen molar-refractivity contribution >= 4 is 52.1 Å². The van der Waals surface area contributed by atoms with Crippen molar-refractivity contribution in [3.8, 4) is 0 Å². The molecule has 1 fully saturated rings. The number of halogens is 1. The van der Waals surface area contributed by atoms with E-state index >= 15 is 0 Å². The number of allylic oxidation sites excluding steroid dienone is 2. The van der Waals surface area contributed by atoms with E-state index in [1.54, 1.807) is 17.1 Å². The standard InChI is InChI=1S/C32H35ClN6O2.C3H6/c1-3-28(33)30-35-21(2)34-26-11-7-8-22(18-26)12-13-23-19-27(36-30)14-15-29(23)38-31(40)24-16-17-39(20-24)32(41)37-25-9-5-4-6-10-25;1-3-2/h3-11,14-15,18-19,21,24,34H,12-13,16-17,20H2,1-2H3,(H,35,36)(H,37,41)(H,38,40);3H,1H2,2H3/b28-3+;. The number of amidine groups is 1. The fourth-order valence-electron chi connectivity index (χ4n) is 5.11. The third-order valence-electron chi connectivity index (χ3n) is 7.29. The zero-order valence-corrected chi connectivity index (χ0v) is 26.3. The molecule has 1 saturated heterocycles. The van der Waals surface area contributed by atoms with E-state index in [0.717, 1.165) is 41.2 Å². The van der Waals surface area contributed by atoms with Gasteiger partial charge in [-0.05, 0) is 93.6 Å². The zero-order chi connectivity index (χ0) is 31.5. The minimum Gasteiger partial charge on any atom is -0.364 e. The SMILES string of the molecule is C/C=C(Cl)\C1=N/C(C)Nc2cccc(c2)CCc2cc(ccc2NC(=O)C2CCN(C(=O)Nc3ccccc3)C2)N1.C=CC. The molecule has 2 atom stereocenters. The van der Waals surface area contributed by atoms with Crippen molar-refractivity contribution in [2.45, 2.75) is 46.2 Å². The smallest absolute Gasteiger partial charge is 0.321 e. The van der Waals surface area contributed by atoms with Crippen LogP contribution in [0.15, 0.2) is 102 Å². The van der Waals surface area contributed by atoms with Crippen LogP contribution in [0.2, 0.25) is 0 Å². The fraction of sp³-hybridized carbons (Fsp3) is 0.286. The molecule has 2 heterocycles. The van der Waals surface area contributed by atoms with Crippen molar-refractivity contribution in [2.75, 3.05) is 34.4 Å². The molecule has 9 heteroatoms. The Balaban J connectivity index is 0.00000141. The summed E-state index contributed by atoms with van der Waals surface area (Å²) in [5.74, 6) is 0.194. The molecule has 4 bridgehead atoms. The van der Waals surface area contributed by atoms with Crippen LogP contribution in [0.1, 0.15) is 38.3 Å². The summed E-state index contributed by atoms with van der Waals surface area (Å²) in [6, 6.07) is 23.3. The molecule has 3 aromatic carbocycles. The van der Waals surface area contributed by atoms with Crippen molar-refractivity contribution in [1.29, 1.82) is 0 Å². The van der Waals surface area contributed by atoms with Gasteiger partial charge in [0, 0.05) is 35.8 Å². The average molecular weight is 613 g/mol. The van der Waals surface area contributed by atoms with Gasteiger partial charge in [-0.15, -0.1) is 6.58 Å². The highest BCUT2D eigenvalue weighted by molar-refractivity contribution is 6.45. The summed E-state index contributed by atoms with van der Waals surface area (Å²) in [7, 11) is 0. The Morgan fingerprint density at radius 3 is 2.52 bits per heavy atom. The first-order valence-electron chi connectivity index (χ1n) is 14.9. The number of fused-ring (bicyclic) bond motifs is 4. The third kappa shape index (κ3) is 8.97. The van der Waals surface area contributed by atoms with E-state index in [1.165, 1.54) is 5.56 Å². The number of aryl methyl sites for hydroxylation is 2. The van der Waals surface area contributed by atoms with Crippen LogP contribution in [-0.2, 0) is 17.6 Å². The van der Waals surface area contributed by atoms with E-state index in [2.05, 4.69) is 40.0 Å². The number of amides is 3. The second kappa shape index (κ2) is 15.8. The van der Waals surface area contributed by atoms with Gasteiger partial charge in [0.15, 0.2) is 0 Å². The van der Waals surface area contributed by atoms with Gasteiger partial charge in [0.1, 0.15) is 12.0 Å². The highest BCUT2D eigenvalue weighted by Crippen LogP contribution is 2.27. The second-order valence-corrected chi connectivity index (χ2v) is 11.2. The molecule has 3 aromatic rings. The Bertz CT molecular complexity index is 1520. The van der Waals surface area contributed by atoms with E-state index in [9.17, 15) is 9.59 Å². The lowest BCUT2D eigenvalue weighted by molar-refractivity contribution is -0.119. The molecule has 2 aliphatic rings. The van der Waals surface area contributed by atoms with Crippen molar-refractivity contribution in [2.24, 2.45) is 10.9 Å². The maximum atomic E-state index is 13.4. The van der Waals surface area contributed by atoms with Crippen molar-refractivity contribution in [1.82, 2.24) is 4.90 Å². The van der Waals surface area contributed by atoms with E-state index in [4.69, 9.17) is 16.6 Å². The summed E-state index contributed by atoms with van der Waals surface area (Å²) in [6.07, 6.45) is 5.49. The van der Waals surface area contributed by atoms with E-state index in [-0.39, 0.29) is 24.0 Å². The number of likely N-dealkylation sites (tertiary alicyclic amines) is 1. The molecular weight excluding hydrogens is 572 g/mol. The van der Waals surface area contributed by atoms with Crippen molar-refractivity contribution in [3.63, 3.8) is 0 Å². The maximum absolute atomic E-state index is 13.4. The quantitative estimate of drug-likeness (QED) is 0.225. The van der Waals surface area contributed by atoms with Gasteiger partial charge in [0.2, 0.25) is 5.91 Å². The molecule has 8 nitrogen and oxygen atoms in total. The molecule has 44 heavy (non-hydrogen) atoms. The topological polar surface area (TPSA) is 97.9 Å². The number of urea groups is 1. The number of nitrogens with one attached hydrogen (secondary N) is 4. The Labute approximate surface area is 265 Å². The number of para-hydroxylation sites is 1. The van der Waals surface area contributed by atoms with E-state index in [0.29, 0.717) is 30.4 Å². The van der Waals surface area contributed by atoms with Gasteiger partial charge >= 0.3 is 6.03 Å². The first kappa shape index (κ1) is 32.4. The Kier molecular flexibility index (Phi) is 11.6. The van der Waals surface area contributed by atoms with Crippen LogP contribution in [0.3, 0.4) is 0 Å². The molecule has 5 rings (SSSR count). The number of nitrogens with zero attached hydrogens (tertiary/aromatic N) is 2. The summed E-state index contributed by atoms with van der Waals surface area (Å²) >= 11 is 6.51. The van der Waals surface area contributed by atoms with Crippen LogP contribution in [0.5, 0.6) is 0 Å². The normalized spacial score (nSPS) is 19.1. The molecule has 2 unspecified atom stereocenters. The maximum Gasteiger partial charge on any atom is 0.321 e. The molecule has 0 aromatic heterocycles. The molecule has 230 valence electrons. The molecule has 0 radical (unpaired) electrons. The third-order valence-corrected chi connectivity index (χ3v) is 7.68. The highest BCUT2D eigenvalue weighted by atomic mass is 35.5. The number of hydrogen-bond acceptors (Lipinski definition) is 5. The van der Waals surface area contributed by atoms with Gasteiger partial charge in [-0.3, -0.25) is 4.79 Å². The number of carbonyl (C=O) groups excluding carboxylic acids is 2. The second-order valence-electron chi connectivity index (χ2n) is 10.8. The van der Waals surface area contributed by atoms with E-state index < -0.39 is 0 Å². The summed E-state index contributed by atoms with van der Waals surface area (Å²) in [5.41, 5.74) is 5.50. The number of rotatable bonds is 4. The molecule has 2 aliphatic heterocycles. The van der Waals surface area contributed by atoms with Crippen LogP contribution in [-0.4, -0.2) is 41.9 Å². The van der Waals surface area contributed by atoms with Gasteiger partial charge in [0.25, 0.3) is 0 Å². The van der Waals surface area contributed by atoms with Crippen LogP contribution in [0.4, 0.5) is 27.5 Å². The van der Waals surface area contributed by atoms with Crippen LogP contribution in [0, 0.1) is 5.92 Å². The Morgan fingerprint density at radius 2 is 1.77 bits per heavy atom. The summed E-state index contributed by atoms with van der Waals surface area (Å²) in [6.45, 7) is 10.0.